The summed E-state index contributed by atoms with van der Waals surface area (Å²) in [5.74, 6) is 0.882. The van der Waals surface area contributed by atoms with Crippen molar-refractivity contribution in [2.45, 2.75) is 40.2 Å². The largest absolute Gasteiger partial charge is 0.496 e. The molecule has 0 radical (unpaired) electrons. The smallest absolute Gasteiger partial charge is 0.125 e. The average Bonchev–Trinajstić information content (AvgIpc) is 2.45. The zero-order chi connectivity index (χ0) is 15.6. The van der Waals surface area contributed by atoms with Crippen molar-refractivity contribution in [1.29, 1.82) is 0 Å². The Hall–Kier alpha value is -1.48. The summed E-state index contributed by atoms with van der Waals surface area (Å²) in [5.41, 5.74) is 10.3. The van der Waals surface area contributed by atoms with Crippen LogP contribution < -0.4 is 15.4 Å². The van der Waals surface area contributed by atoms with Gasteiger partial charge < -0.3 is 15.4 Å². The van der Waals surface area contributed by atoms with Gasteiger partial charge in [0.25, 0.3) is 0 Å². The van der Waals surface area contributed by atoms with Crippen molar-refractivity contribution in [2.24, 2.45) is 11.1 Å². The number of methoxy groups -OCH3 is 1. The highest BCUT2D eigenvalue weighted by Crippen LogP contribution is 2.36. The normalized spacial score (nSPS) is 17.4. The first-order valence-electron chi connectivity index (χ1n) is 7.71. The van der Waals surface area contributed by atoms with E-state index in [4.69, 9.17) is 10.5 Å². The quantitative estimate of drug-likeness (QED) is 0.857. The van der Waals surface area contributed by atoms with Crippen LogP contribution in [0.2, 0.25) is 0 Å². The summed E-state index contributed by atoms with van der Waals surface area (Å²) in [6, 6.07) is 6.15. The molecule has 3 nitrogen and oxygen atoms in total. The zero-order valence-electron chi connectivity index (χ0n) is 13.9. The summed E-state index contributed by atoms with van der Waals surface area (Å²) in [5, 5.41) is 0. The lowest BCUT2D eigenvalue weighted by Crippen LogP contribution is -2.32. The Bertz CT molecular complexity index is 527. The van der Waals surface area contributed by atoms with Gasteiger partial charge in [0.2, 0.25) is 0 Å². The molecule has 0 fully saturated rings. The number of nitrogens with two attached hydrogens (primary N) is 1. The number of anilines is 1. The Morgan fingerprint density at radius 3 is 2.48 bits per heavy atom. The van der Waals surface area contributed by atoms with Crippen molar-refractivity contribution in [3.8, 4) is 5.75 Å². The lowest BCUT2D eigenvalue weighted by atomic mass is 9.83. The molecule has 1 aliphatic rings. The van der Waals surface area contributed by atoms with Crippen molar-refractivity contribution in [3.63, 3.8) is 0 Å². The molecule has 1 unspecified atom stereocenters. The summed E-state index contributed by atoms with van der Waals surface area (Å²) in [6.45, 7) is 10.9. The lowest BCUT2D eigenvalue weighted by Gasteiger charge is -2.35. The minimum Gasteiger partial charge on any atom is -0.496 e. The highest BCUT2D eigenvalue weighted by atomic mass is 16.5. The van der Waals surface area contributed by atoms with Crippen molar-refractivity contribution in [2.75, 3.05) is 25.1 Å². The minimum absolute atomic E-state index is 0.0378. The standard InChI is InChI=1S/C18H28N2O/c1-13(19)17-15(7-6-8-16(17)21-5)20-11-9-14(10-12-20)18(2,3)4/h6-9,13H,10-12,19H2,1-5H3. The van der Waals surface area contributed by atoms with Crippen LogP contribution in [0.3, 0.4) is 0 Å². The van der Waals surface area contributed by atoms with Crippen LogP contribution in [0.15, 0.2) is 29.8 Å². The van der Waals surface area contributed by atoms with E-state index in [0.29, 0.717) is 0 Å². The second-order valence-corrected chi connectivity index (χ2v) is 6.86. The molecule has 0 bridgehead atoms. The Morgan fingerprint density at radius 1 is 1.29 bits per heavy atom. The molecule has 21 heavy (non-hydrogen) atoms. The highest BCUT2D eigenvalue weighted by molar-refractivity contribution is 5.61. The Morgan fingerprint density at radius 2 is 2.00 bits per heavy atom. The molecule has 0 saturated heterocycles. The third-order valence-corrected chi connectivity index (χ3v) is 4.23. The fraction of sp³-hybridized carbons (Fsp3) is 0.556. The molecule has 2 rings (SSSR count). The lowest BCUT2D eigenvalue weighted by molar-refractivity contribution is 0.406. The first-order chi connectivity index (χ1) is 9.84. The van der Waals surface area contributed by atoms with Gasteiger partial charge in [-0.1, -0.05) is 38.5 Å². The monoisotopic (exact) mass is 288 g/mol. The molecule has 0 saturated carbocycles. The van der Waals surface area contributed by atoms with Crippen molar-refractivity contribution < 1.29 is 4.74 Å². The molecule has 1 aliphatic heterocycles. The zero-order valence-corrected chi connectivity index (χ0v) is 13.9. The van der Waals surface area contributed by atoms with Crippen molar-refractivity contribution in [1.82, 2.24) is 0 Å². The molecule has 0 aromatic heterocycles. The molecule has 0 spiro atoms. The van der Waals surface area contributed by atoms with Gasteiger partial charge in [-0.15, -0.1) is 0 Å². The van der Waals surface area contributed by atoms with Gasteiger partial charge in [0.1, 0.15) is 5.75 Å². The molecular formula is C18H28N2O. The van der Waals surface area contributed by atoms with Crippen molar-refractivity contribution >= 4 is 5.69 Å². The SMILES string of the molecule is COc1cccc(N2CC=C(C(C)(C)C)CC2)c1C(C)N. The van der Waals surface area contributed by atoms with Gasteiger partial charge in [0.15, 0.2) is 0 Å². The molecule has 1 heterocycles. The number of hydrogen-bond donors (Lipinski definition) is 1. The molecule has 3 heteroatoms. The molecule has 2 N–H and O–H groups in total. The van der Waals surface area contributed by atoms with E-state index in [0.717, 1.165) is 30.8 Å². The van der Waals surface area contributed by atoms with Crippen LogP contribution in [0.25, 0.3) is 0 Å². The topological polar surface area (TPSA) is 38.5 Å². The summed E-state index contributed by atoms with van der Waals surface area (Å²) < 4.78 is 5.49. The van der Waals surface area contributed by atoms with E-state index in [9.17, 15) is 0 Å². The first-order valence-corrected chi connectivity index (χ1v) is 7.71. The van der Waals surface area contributed by atoms with Crippen LogP contribution in [0.5, 0.6) is 5.75 Å². The van der Waals surface area contributed by atoms with Crippen LogP contribution in [-0.4, -0.2) is 20.2 Å². The third kappa shape index (κ3) is 3.41. The predicted octanol–water partition coefficient (Wildman–Crippen LogP) is 3.90. The van der Waals surface area contributed by atoms with Gasteiger partial charge in [0.05, 0.1) is 7.11 Å². The van der Waals surface area contributed by atoms with E-state index in [1.54, 1.807) is 12.7 Å². The van der Waals surface area contributed by atoms with E-state index in [1.807, 2.05) is 19.1 Å². The molecular weight excluding hydrogens is 260 g/mol. The van der Waals surface area contributed by atoms with E-state index in [2.05, 4.69) is 37.8 Å². The number of nitrogens with zero attached hydrogens (tertiary/aromatic N) is 1. The predicted molar refractivity (Wildman–Crippen MR) is 90.0 cm³/mol. The van der Waals surface area contributed by atoms with Crippen LogP contribution in [0.1, 0.15) is 45.7 Å². The second kappa shape index (κ2) is 6.10. The fourth-order valence-corrected chi connectivity index (χ4v) is 3.01. The minimum atomic E-state index is -0.0378. The van der Waals surface area contributed by atoms with E-state index in [1.165, 1.54) is 5.69 Å². The number of ether oxygens (including phenoxy) is 1. The Labute approximate surface area is 128 Å². The summed E-state index contributed by atoms with van der Waals surface area (Å²) >= 11 is 0. The highest BCUT2D eigenvalue weighted by Gasteiger charge is 2.24. The first kappa shape index (κ1) is 15.9. The maximum atomic E-state index is 6.17. The van der Waals surface area contributed by atoms with Crippen LogP contribution >= 0.6 is 0 Å². The van der Waals surface area contributed by atoms with Crippen molar-refractivity contribution in [3.05, 3.63) is 35.4 Å². The summed E-state index contributed by atoms with van der Waals surface area (Å²) in [4.78, 5) is 2.40. The molecule has 0 amide bonds. The van der Waals surface area contributed by atoms with Crippen LogP contribution in [-0.2, 0) is 0 Å². The maximum absolute atomic E-state index is 6.17. The van der Waals surface area contributed by atoms with Gasteiger partial charge in [-0.2, -0.15) is 0 Å². The van der Waals surface area contributed by atoms with Gasteiger partial charge >= 0.3 is 0 Å². The molecule has 116 valence electrons. The number of rotatable bonds is 3. The number of hydrogen-bond acceptors (Lipinski definition) is 3. The maximum Gasteiger partial charge on any atom is 0.125 e. The van der Waals surface area contributed by atoms with Gasteiger partial charge in [-0.05, 0) is 30.9 Å². The molecule has 1 atom stereocenters. The summed E-state index contributed by atoms with van der Waals surface area (Å²) in [7, 11) is 1.71. The third-order valence-electron chi connectivity index (χ3n) is 4.23. The molecule has 0 aliphatic carbocycles. The average molecular weight is 288 g/mol. The Balaban J connectivity index is 2.31. The van der Waals surface area contributed by atoms with E-state index < -0.39 is 0 Å². The molecule has 1 aromatic rings. The number of benzene rings is 1. The van der Waals surface area contributed by atoms with Crippen LogP contribution in [0.4, 0.5) is 5.69 Å². The van der Waals surface area contributed by atoms with Gasteiger partial charge in [0, 0.05) is 30.4 Å². The van der Waals surface area contributed by atoms with E-state index >= 15 is 0 Å². The molecule has 1 aromatic carbocycles. The second-order valence-electron chi connectivity index (χ2n) is 6.86. The fourth-order valence-electron chi connectivity index (χ4n) is 3.01. The van der Waals surface area contributed by atoms with Gasteiger partial charge in [-0.25, -0.2) is 0 Å². The summed E-state index contributed by atoms with van der Waals surface area (Å²) in [6.07, 6.45) is 3.48. The Kier molecular flexibility index (Phi) is 4.62. The van der Waals surface area contributed by atoms with Crippen LogP contribution in [0, 0.1) is 5.41 Å². The van der Waals surface area contributed by atoms with E-state index in [-0.39, 0.29) is 11.5 Å². The van der Waals surface area contributed by atoms with Gasteiger partial charge in [-0.3, -0.25) is 0 Å².